The van der Waals surface area contributed by atoms with E-state index in [0.717, 1.165) is 0 Å². The number of benzene rings is 1. The molecule has 0 radical (unpaired) electrons. The number of aliphatic hydroxyl groups is 3. The normalized spacial score (nSPS) is 24.0. The van der Waals surface area contributed by atoms with E-state index in [1.54, 1.807) is 30.5 Å². The Kier molecular flexibility index (Phi) is 6.00. The van der Waals surface area contributed by atoms with Crippen molar-refractivity contribution < 1.29 is 38.9 Å². The summed E-state index contributed by atoms with van der Waals surface area (Å²) in [5.41, 5.74) is 1.14. The van der Waals surface area contributed by atoms with Crippen molar-refractivity contribution >= 4 is 17.6 Å². The highest BCUT2D eigenvalue weighted by atomic mass is 16.6. The van der Waals surface area contributed by atoms with Crippen LogP contribution in [0.2, 0.25) is 0 Å². The summed E-state index contributed by atoms with van der Waals surface area (Å²) in [6.45, 7) is -0.433. The molecule has 1 fully saturated rings. The number of ether oxygens (including phenoxy) is 2. The topological polar surface area (TPSA) is 129 Å². The predicted molar refractivity (Wildman–Crippen MR) is 95.4 cm³/mol. The van der Waals surface area contributed by atoms with Crippen LogP contribution in [0.15, 0.2) is 48.8 Å². The van der Waals surface area contributed by atoms with Gasteiger partial charge in [-0.1, -0.05) is 0 Å². The number of nitrogens with one attached hydrogen (secondary N) is 1. The van der Waals surface area contributed by atoms with Crippen molar-refractivity contribution in [3.63, 3.8) is 0 Å². The maximum Gasteiger partial charge on any atom is 0.337 e. The Bertz CT molecular complexity index is 856. The minimum absolute atomic E-state index is 0.289. The summed E-state index contributed by atoms with van der Waals surface area (Å²) in [6.07, 6.45) is -1.25. The van der Waals surface area contributed by atoms with E-state index < -0.39 is 43.0 Å². The number of pyridine rings is 1. The van der Waals surface area contributed by atoms with E-state index in [1.807, 2.05) is 0 Å². The lowest BCUT2D eigenvalue weighted by atomic mass is 10.1. The van der Waals surface area contributed by atoms with E-state index in [1.165, 1.54) is 30.0 Å². The first-order valence-electron chi connectivity index (χ1n) is 8.57. The van der Waals surface area contributed by atoms with Crippen LogP contribution >= 0.6 is 0 Å². The number of hydrogen-bond donors (Lipinski definition) is 4. The molecule has 1 aromatic carbocycles. The van der Waals surface area contributed by atoms with Gasteiger partial charge in [0.1, 0.15) is 17.8 Å². The molecule has 1 amide bonds. The van der Waals surface area contributed by atoms with Crippen LogP contribution in [0.4, 0.5) is 5.69 Å². The van der Waals surface area contributed by atoms with Crippen molar-refractivity contribution in [2.24, 2.45) is 0 Å². The minimum Gasteiger partial charge on any atom is -0.465 e. The van der Waals surface area contributed by atoms with Gasteiger partial charge in [-0.2, -0.15) is 4.57 Å². The Morgan fingerprint density at radius 3 is 2.46 bits per heavy atom. The highest BCUT2D eigenvalue weighted by Crippen LogP contribution is 2.25. The standard InChI is InChI=1S/C19H20N2O7/c1-27-19(26)11-4-6-13(7-5-11)20-17(25)12-3-2-8-21(9-12)18-16(24)15(23)14(10-22)28-18/h2-9,14-16,18,22-24H,10H2,1H3/p+1/t14-,15-,16-,18-/m1/s1. The maximum absolute atomic E-state index is 12.5. The van der Waals surface area contributed by atoms with Gasteiger partial charge in [0.15, 0.2) is 18.5 Å². The van der Waals surface area contributed by atoms with Gasteiger partial charge in [0, 0.05) is 11.8 Å². The molecule has 4 N–H and O–H groups in total. The fourth-order valence-corrected chi connectivity index (χ4v) is 2.92. The lowest BCUT2D eigenvalue weighted by molar-refractivity contribution is -0.765. The summed E-state index contributed by atoms with van der Waals surface area (Å²) in [5.74, 6) is -0.882. The number of hydrogen-bond acceptors (Lipinski definition) is 7. The van der Waals surface area contributed by atoms with Gasteiger partial charge in [0.2, 0.25) is 0 Å². The Morgan fingerprint density at radius 1 is 1.14 bits per heavy atom. The number of anilines is 1. The van der Waals surface area contributed by atoms with Crippen LogP contribution in [0.25, 0.3) is 0 Å². The number of carbonyl (C=O) groups excluding carboxylic acids is 2. The van der Waals surface area contributed by atoms with Gasteiger partial charge in [0.05, 0.1) is 19.3 Å². The molecule has 0 saturated carbocycles. The average molecular weight is 389 g/mol. The maximum atomic E-state index is 12.5. The van der Waals surface area contributed by atoms with E-state index >= 15 is 0 Å². The van der Waals surface area contributed by atoms with Gasteiger partial charge in [-0.15, -0.1) is 0 Å². The number of aromatic nitrogens is 1. The third-order valence-corrected chi connectivity index (χ3v) is 4.46. The monoisotopic (exact) mass is 389 g/mol. The molecule has 9 heteroatoms. The van der Waals surface area contributed by atoms with Crippen LogP contribution in [-0.4, -0.2) is 59.2 Å². The van der Waals surface area contributed by atoms with Gasteiger partial charge in [-0.05, 0) is 30.3 Å². The Balaban J connectivity index is 1.73. The number of amides is 1. The quantitative estimate of drug-likeness (QED) is 0.405. The smallest absolute Gasteiger partial charge is 0.337 e. The van der Waals surface area contributed by atoms with Crippen molar-refractivity contribution in [3.8, 4) is 0 Å². The molecule has 0 spiro atoms. The van der Waals surface area contributed by atoms with E-state index in [-0.39, 0.29) is 5.56 Å². The largest absolute Gasteiger partial charge is 0.465 e. The molecule has 1 aromatic heterocycles. The molecule has 148 valence electrons. The van der Waals surface area contributed by atoms with Crippen molar-refractivity contribution in [1.82, 2.24) is 0 Å². The second kappa shape index (κ2) is 8.44. The summed E-state index contributed by atoms with van der Waals surface area (Å²) in [4.78, 5) is 24.0. The van der Waals surface area contributed by atoms with Crippen LogP contribution in [0.3, 0.4) is 0 Å². The van der Waals surface area contributed by atoms with Crippen molar-refractivity contribution in [2.45, 2.75) is 24.5 Å². The van der Waals surface area contributed by atoms with Crippen molar-refractivity contribution in [2.75, 3.05) is 19.0 Å². The number of nitrogens with zero attached hydrogens (tertiary/aromatic N) is 1. The highest BCUT2D eigenvalue weighted by molar-refractivity contribution is 6.04. The Hall–Kier alpha value is -2.85. The lowest BCUT2D eigenvalue weighted by Gasteiger charge is -2.11. The van der Waals surface area contributed by atoms with Gasteiger partial charge < -0.3 is 30.1 Å². The number of aliphatic hydroxyl groups excluding tert-OH is 3. The third kappa shape index (κ3) is 4.02. The molecular formula is C19H21N2O7+. The molecule has 1 aliphatic rings. The molecule has 28 heavy (non-hydrogen) atoms. The summed E-state index contributed by atoms with van der Waals surface area (Å²) in [7, 11) is 1.29. The second-order valence-electron chi connectivity index (χ2n) is 6.29. The highest BCUT2D eigenvalue weighted by Gasteiger charge is 2.48. The van der Waals surface area contributed by atoms with Gasteiger partial charge in [-0.25, -0.2) is 4.79 Å². The number of esters is 1. The Labute approximate surface area is 160 Å². The average Bonchev–Trinajstić information content (AvgIpc) is 3.02. The van der Waals surface area contributed by atoms with E-state index in [2.05, 4.69) is 10.1 Å². The van der Waals surface area contributed by atoms with E-state index in [4.69, 9.17) is 4.74 Å². The van der Waals surface area contributed by atoms with Crippen molar-refractivity contribution in [1.29, 1.82) is 0 Å². The molecule has 1 aliphatic heterocycles. The zero-order valence-corrected chi connectivity index (χ0v) is 15.1. The molecule has 3 rings (SSSR count). The Morgan fingerprint density at radius 2 is 1.86 bits per heavy atom. The zero-order chi connectivity index (χ0) is 20.3. The fraction of sp³-hybridized carbons (Fsp3) is 0.316. The molecule has 0 unspecified atom stereocenters. The lowest BCUT2D eigenvalue weighted by Crippen LogP contribution is -2.46. The van der Waals surface area contributed by atoms with Crippen LogP contribution in [-0.2, 0) is 9.47 Å². The van der Waals surface area contributed by atoms with Crippen LogP contribution in [0.5, 0.6) is 0 Å². The summed E-state index contributed by atoms with van der Waals surface area (Å²) >= 11 is 0. The number of rotatable bonds is 5. The minimum atomic E-state index is -1.24. The van der Waals surface area contributed by atoms with Gasteiger partial charge >= 0.3 is 5.97 Å². The molecule has 9 nitrogen and oxygen atoms in total. The molecule has 0 bridgehead atoms. The number of carbonyl (C=O) groups is 2. The van der Waals surface area contributed by atoms with Crippen LogP contribution in [0.1, 0.15) is 26.9 Å². The number of methoxy groups -OCH3 is 1. The first-order valence-corrected chi connectivity index (χ1v) is 8.57. The van der Waals surface area contributed by atoms with E-state index in [9.17, 15) is 24.9 Å². The predicted octanol–water partition coefficient (Wildman–Crippen LogP) is -0.375. The summed E-state index contributed by atoms with van der Waals surface area (Å²) in [6, 6.07) is 9.40. The van der Waals surface area contributed by atoms with Gasteiger partial charge in [0.25, 0.3) is 12.1 Å². The van der Waals surface area contributed by atoms with Crippen molar-refractivity contribution in [3.05, 3.63) is 59.9 Å². The third-order valence-electron chi connectivity index (χ3n) is 4.46. The summed E-state index contributed by atoms with van der Waals surface area (Å²) in [5, 5.41) is 31.9. The molecule has 0 aliphatic carbocycles. The zero-order valence-electron chi connectivity index (χ0n) is 15.1. The van der Waals surface area contributed by atoms with E-state index in [0.29, 0.717) is 11.3 Å². The van der Waals surface area contributed by atoms with Gasteiger partial charge in [-0.3, -0.25) is 4.79 Å². The first-order chi connectivity index (χ1) is 13.4. The molecular weight excluding hydrogens is 368 g/mol. The summed E-state index contributed by atoms with van der Waals surface area (Å²) < 4.78 is 11.5. The molecule has 2 aromatic rings. The molecule has 4 atom stereocenters. The fourth-order valence-electron chi connectivity index (χ4n) is 2.92. The molecule has 1 saturated heterocycles. The van der Waals surface area contributed by atoms with Crippen LogP contribution < -0.4 is 9.88 Å². The SMILES string of the molecule is COC(=O)c1ccc(NC(=O)c2ccc[n+]([C@@H]3O[C@H](CO)[C@@H](O)[C@H]3O)c2)cc1. The molecule has 2 heterocycles. The first kappa shape index (κ1) is 19.9. The van der Waals surface area contributed by atoms with Crippen LogP contribution in [0, 0.1) is 0 Å². The second-order valence-corrected chi connectivity index (χ2v) is 6.29.